The molecule has 0 fully saturated rings. The predicted octanol–water partition coefficient (Wildman–Crippen LogP) is 5.07. The Kier molecular flexibility index (Phi) is 4.05. The van der Waals surface area contributed by atoms with E-state index >= 15 is 0 Å². The Morgan fingerprint density at radius 3 is 2.50 bits per heavy atom. The van der Waals surface area contributed by atoms with E-state index < -0.39 is 0 Å². The average molecular weight is 365 g/mol. The summed E-state index contributed by atoms with van der Waals surface area (Å²) >= 11 is 1.40. The van der Waals surface area contributed by atoms with Gasteiger partial charge >= 0.3 is 0 Å². The van der Waals surface area contributed by atoms with Crippen LogP contribution in [0.25, 0.3) is 16.2 Å². The van der Waals surface area contributed by atoms with Crippen LogP contribution in [0, 0.1) is 19.7 Å². The molecule has 0 unspecified atom stereocenters. The number of para-hydroxylation sites is 1. The molecule has 1 N–H and O–H groups in total. The predicted molar refractivity (Wildman–Crippen MR) is 102 cm³/mol. The molecule has 4 rings (SSSR count). The van der Waals surface area contributed by atoms with E-state index in [1.165, 1.54) is 23.5 Å². The number of carbonyl (C=O) groups is 1. The van der Waals surface area contributed by atoms with Crippen molar-refractivity contribution >= 4 is 27.9 Å². The highest BCUT2D eigenvalue weighted by Crippen LogP contribution is 2.25. The molecule has 0 aliphatic rings. The Labute approximate surface area is 153 Å². The van der Waals surface area contributed by atoms with Crippen LogP contribution in [-0.4, -0.2) is 15.3 Å². The Bertz CT molecular complexity index is 1090. The number of hydrogen-bond donors (Lipinski definition) is 1. The maximum Gasteiger partial charge on any atom is 0.273 e. The number of benzene rings is 2. The summed E-state index contributed by atoms with van der Waals surface area (Å²) in [5.74, 6) is -0.472. The van der Waals surface area contributed by atoms with E-state index in [1.807, 2.05) is 32.0 Å². The van der Waals surface area contributed by atoms with Crippen molar-refractivity contribution in [3.8, 4) is 11.3 Å². The minimum absolute atomic E-state index is 0.184. The molecule has 4 aromatic rings. The summed E-state index contributed by atoms with van der Waals surface area (Å²) in [5.41, 5.74) is 4.90. The molecule has 0 aliphatic carbocycles. The minimum Gasteiger partial charge on any atom is -0.320 e. The number of halogens is 1. The summed E-state index contributed by atoms with van der Waals surface area (Å²) in [6, 6.07) is 12.1. The number of amides is 1. The second-order valence-corrected chi connectivity index (χ2v) is 6.96. The molecule has 130 valence electrons. The van der Waals surface area contributed by atoms with Gasteiger partial charge in [-0.15, -0.1) is 11.3 Å². The van der Waals surface area contributed by atoms with Gasteiger partial charge in [0.25, 0.3) is 5.91 Å². The molecule has 2 aromatic carbocycles. The molecule has 26 heavy (non-hydrogen) atoms. The maximum absolute atomic E-state index is 13.1. The van der Waals surface area contributed by atoms with Gasteiger partial charge < -0.3 is 5.32 Å². The normalized spacial score (nSPS) is 11.0. The SMILES string of the molecule is Cc1cccc(C)c1NC(=O)c1csc2nc(-c3ccc(F)cc3)cn12. The van der Waals surface area contributed by atoms with E-state index in [9.17, 15) is 9.18 Å². The van der Waals surface area contributed by atoms with Crippen LogP contribution in [-0.2, 0) is 0 Å². The third kappa shape index (κ3) is 2.88. The number of carbonyl (C=O) groups excluding carboxylic acids is 1. The van der Waals surface area contributed by atoms with Crippen molar-refractivity contribution in [2.75, 3.05) is 5.32 Å². The van der Waals surface area contributed by atoms with Gasteiger partial charge in [-0.2, -0.15) is 0 Å². The molecule has 0 saturated heterocycles. The van der Waals surface area contributed by atoms with E-state index in [1.54, 1.807) is 28.1 Å². The standard InChI is InChI=1S/C20H16FN3OS/c1-12-4-3-5-13(2)18(12)23-19(25)17-11-26-20-22-16(10-24(17)20)14-6-8-15(21)9-7-14/h3-11H,1-2H3,(H,23,25). The second kappa shape index (κ2) is 6.38. The molecular weight excluding hydrogens is 349 g/mol. The van der Waals surface area contributed by atoms with Gasteiger partial charge in [0.2, 0.25) is 0 Å². The van der Waals surface area contributed by atoms with Crippen LogP contribution < -0.4 is 5.32 Å². The lowest BCUT2D eigenvalue weighted by Gasteiger charge is -2.10. The summed E-state index contributed by atoms with van der Waals surface area (Å²) in [6.45, 7) is 3.94. The topological polar surface area (TPSA) is 46.4 Å². The van der Waals surface area contributed by atoms with E-state index in [0.29, 0.717) is 11.4 Å². The summed E-state index contributed by atoms with van der Waals surface area (Å²) in [7, 11) is 0. The van der Waals surface area contributed by atoms with Crippen molar-refractivity contribution in [2.45, 2.75) is 13.8 Å². The number of nitrogens with zero attached hydrogens (tertiary/aromatic N) is 2. The van der Waals surface area contributed by atoms with Crippen LogP contribution in [0.5, 0.6) is 0 Å². The molecule has 4 nitrogen and oxygen atoms in total. The van der Waals surface area contributed by atoms with E-state index in [4.69, 9.17) is 0 Å². The van der Waals surface area contributed by atoms with Crippen molar-refractivity contribution in [3.05, 3.63) is 76.7 Å². The van der Waals surface area contributed by atoms with Crippen LogP contribution in [0.4, 0.5) is 10.1 Å². The molecule has 2 heterocycles. The number of aryl methyl sites for hydroxylation is 2. The summed E-state index contributed by atoms with van der Waals surface area (Å²) < 4.78 is 14.9. The molecule has 2 aromatic heterocycles. The molecule has 1 amide bonds. The summed E-state index contributed by atoms with van der Waals surface area (Å²) in [4.78, 5) is 18.0. The minimum atomic E-state index is -0.288. The van der Waals surface area contributed by atoms with E-state index in [2.05, 4.69) is 10.3 Å². The average Bonchev–Trinajstić information content (AvgIpc) is 3.19. The first kappa shape index (κ1) is 16.5. The molecule has 0 atom stereocenters. The van der Waals surface area contributed by atoms with Gasteiger partial charge in [0.15, 0.2) is 4.96 Å². The number of nitrogens with one attached hydrogen (secondary N) is 1. The number of fused-ring (bicyclic) bond motifs is 1. The third-order valence-corrected chi connectivity index (χ3v) is 5.14. The molecule has 0 bridgehead atoms. The lowest BCUT2D eigenvalue weighted by atomic mass is 10.1. The third-order valence-electron chi connectivity index (χ3n) is 4.30. The fourth-order valence-electron chi connectivity index (χ4n) is 2.90. The molecule has 0 saturated carbocycles. The Hall–Kier alpha value is -2.99. The fourth-order valence-corrected chi connectivity index (χ4v) is 3.75. The van der Waals surface area contributed by atoms with Crippen molar-refractivity contribution < 1.29 is 9.18 Å². The van der Waals surface area contributed by atoms with Crippen molar-refractivity contribution in [1.82, 2.24) is 9.38 Å². The van der Waals surface area contributed by atoms with Crippen molar-refractivity contribution in [2.24, 2.45) is 0 Å². The number of aromatic nitrogens is 2. The van der Waals surface area contributed by atoms with Crippen LogP contribution >= 0.6 is 11.3 Å². The molecule has 0 spiro atoms. The van der Waals surface area contributed by atoms with Crippen LogP contribution in [0.3, 0.4) is 0 Å². The highest BCUT2D eigenvalue weighted by atomic mass is 32.1. The van der Waals surface area contributed by atoms with Gasteiger partial charge in [0, 0.05) is 22.8 Å². The summed E-state index contributed by atoms with van der Waals surface area (Å²) in [5, 5.41) is 4.79. The quantitative estimate of drug-likeness (QED) is 0.551. The van der Waals surface area contributed by atoms with Gasteiger partial charge in [-0.05, 0) is 49.2 Å². The van der Waals surface area contributed by atoms with Crippen LogP contribution in [0.1, 0.15) is 21.6 Å². The monoisotopic (exact) mass is 365 g/mol. The fraction of sp³-hybridized carbons (Fsp3) is 0.100. The number of imidazole rings is 1. The molecule has 6 heteroatoms. The highest BCUT2D eigenvalue weighted by Gasteiger charge is 2.16. The van der Waals surface area contributed by atoms with Crippen molar-refractivity contribution in [3.63, 3.8) is 0 Å². The second-order valence-electron chi connectivity index (χ2n) is 6.13. The zero-order valence-electron chi connectivity index (χ0n) is 14.3. The van der Waals surface area contributed by atoms with E-state index in [-0.39, 0.29) is 11.7 Å². The zero-order chi connectivity index (χ0) is 18.3. The van der Waals surface area contributed by atoms with Gasteiger partial charge in [-0.3, -0.25) is 9.20 Å². The number of anilines is 1. The number of thiazole rings is 1. The lowest BCUT2D eigenvalue weighted by Crippen LogP contribution is -2.15. The van der Waals surface area contributed by atoms with E-state index in [0.717, 1.165) is 27.3 Å². The van der Waals surface area contributed by atoms with Crippen molar-refractivity contribution in [1.29, 1.82) is 0 Å². The van der Waals surface area contributed by atoms with Gasteiger partial charge in [-0.1, -0.05) is 18.2 Å². The largest absolute Gasteiger partial charge is 0.320 e. The molecule has 0 aliphatic heterocycles. The first-order valence-electron chi connectivity index (χ1n) is 8.13. The smallest absolute Gasteiger partial charge is 0.273 e. The van der Waals surface area contributed by atoms with Gasteiger partial charge in [0.1, 0.15) is 11.5 Å². The first-order valence-corrected chi connectivity index (χ1v) is 9.01. The van der Waals surface area contributed by atoms with Gasteiger partial charge in [0.05, 0.1) is 5.69 Å². The maximum atomic E-state index is 13.1. The Morgan fingerprint density at radius 1 is 1.12 bits per heavy atom. The highest BCUT2D eigenvalue weighted by molar-refractivity contribution is 7.15. The zero-order valence-corrected chi connectivity index (χ0v) is 15.1. The van der Waals surface area contributed by atoms with Crippen LogP contribution in [0.15, 0.2) is 54.0 Å². The Balaban J connectivity index is 1.68. The Morgan fingerprint density at radius 2 is 1.81 bits per heavy atom. The number of rotatable bonds is 3. The van der Waals surface area contributed by atoms with Crippen LogP contribution in [0.2, 0.25) is 0 Å². The lowest BCUT2D eigenvalue weighted by molar-refractivity contribution is 0.102. The first-order chi connectivity index (χ1) is 12.5. The molecular formula is C20H16FN3OS. The molecule has 0 radical (unpaired) electrons. The van der Waals surface area contributed by atoms with Gasteiger partial charge in [-0.25, -0.2) is 9.37 Å². The number of hydrogen-bond acceptors (Lipinski definition) is 3. The summed E-state index contributed by atoms with van der Waals surface area (Å²) in [6.07, 6.45) is 1.80.